The van der Waals surface area contributed by atoms with Gasteiger partial charge in [0.05, 0.1) is 62.3 Å². The number of nitriles is 2. The highest BCUT2D eigenvalue weighted by Crippen LogP contribution is 2.45. The van der Waals surface area contributed by atoms with Crippen molar-refractivity contribution in [3.05, 3.63) is 253 Å². The molecule has 10 nitrogen and oxygen atoms in total. The molecule has 0 atom stereocenters. The SMILES string of the molecule is N#Cc1cc(-c2c(-n3c4ccccc4c4cc(-c5nc(-c6ccccc6)nc(-c6ccccc6)n5)ccc43)cc(C#N)cc2-n2c3ccccc3c3cc(-c4nc(-c5ccccc5)nc(-c5ccccc5)n4)ccc32)cc(C(F)(F)F)c1. The Morgan fingerprint density at radius 3 is 1.00 bits per heavy atom. The highest BCUT2D eigenvalue weighted by Gasteiger charge is 2.33. The third-order valence-electron chi connectivity index (χ3n) is 14.6. The van der Waals surface area contributed by atoms with Crippen LogP contribution in [0.4, 0.5) is 13.2 Å². The first-order valence-electron chi connectivity index (χ1n) is 26.2. The van der Waals surface area contributed by atoms with Gasteiger partial charge in [0.15, 0.2) is 34.9 Å². The number of benzene rings is 10. The van der Waals surface area contributed by atoms with Gasteiger partial charge in [0.2, 0.25) is 0 Å². The average molecular weight is 1070 g/mol. The summed E-state index contributed by atoms with van der Waals surface area (Å²) < 4.78 is 49.4. The van der Waals surface area contributed by atoms with E-state index in [0.717, 1.165) is 55.9 Å². The lowest BCUT2D eigenvalue weighted by Gasteiger charge is -2.22. The van der Waals surface area contributed by atoms with E-state index in [1.807, 2.05) is 221 Å². The number of alkyl halides is 3. The lowest BCUT2D eigenvalue weighted by molar-refractivity contribution is -0.137. The Morgan fingerprint density at radius 2 is 0.634 bits per heavy atom. The van der Waals surface area contributed by atoms with E-state index in [9.17, 15) is 10.5 Å². The maximum absolute atomic E-state index is 15.1. The third kappa shape index (κ3) is 8.63. The van der Waals surface area contributed by atoms with E-state index in [-0.39, 0.29) is 16.7 Å². The van der Waals surface area contributed by atoms with Gasteiger partial charge in [-0.3, -0.25) is 0 Å². The first-order valence-corrected chi connectivity index (χ1v) is 26.2. The second kappa shape index (κ2) is 19.8. The van der Waals surface area contributed by atoms with Gasteiger partial charge in [-0.2, -0.15) is 23.7 Å². The van der Waals surface area contributed by atoms with Gasteiger partial charge in [-0.05, 0) is 84.4 Å². The van der Waals surface area contributed by atoms with Gasteiger partial charge in [-0.15, -0.1) is 0 Å². The van der Waals surface area contributed by atoms with Gasteiger partial charge in [-0.25, -0.2) is 29.9 Å². The molecular formula is C69H39F3N10. The van der Waals surface area contributed by atoms with Gasteiger partial charge in [0.1, 0.15) is 0 Å². The van der Waals surface area contributed by atoms with Crippen LogP contribution in [0.5, 0.6) is 0 Å². The minimum Gasteiger partial charge on any atom is -0.308 e. The number of aromatic nitrogens is 8. The Balaban J connectivity index is 1.03. The van der Waals surface area contributed by atoms with E-state index < -0.39 is 11.7 Å². The summed E-state index contributed by atoms with van der Waals surface area (Å²) in [6.07, 6.45) is -4.81. The molecule has 0 bridgehead atoms. The monoisotopic (exact) mass is 1060 g/mol. The van der Waals surface area contributed by atoms with E-state index >= 15 is 13.2 Å². The molecule has 0 N–H and O–H groups in total. The molecule has 13 heteroatoms. The van der Waals surface area contributed by atoms with E-state index in [0.29, 0.717) is 85.1 Å². The first-order chi connectivity index (χ1) is 40.2. The number of halogens is 3. The summed E-state index contributed by atoms with van der Waals surface area (Å²) in [7, 11) is 0. The molecule has 0 spiro atoms. The van der Waals surface area contributed by atoms with Crippen LogP contribution in [0.2, 0.25) is 0 Å². The molecule has 0 radical (unpaired) electrons. The zero-order chi connectivity index (χ0) is 55.5. The predicted octanol–water partition coefficient (Wildman–Crippen LogP) is 16.7. The number of rotatable bonds is 9. The van der Waals surface area contributed by atoms with Crippen molar-refractivity contribution in [3.8, 4) is 103 Å². The molecule has 4 aromatic heterocycles. The lowest BCUT2D eigenvalue weighted by Crippen LogP contribution is -2.08. The van der Waals surface area contributed by atoms with Crippen LogP contribution in [0, 0.1) is 22.7 Å². The number of hydrogen-bond donors (Lipinski definition) is 0. The van der Waals surface area contributed by atoms with Crippen molar-refractivity contribution in [3.63, 3.8) is 0 Å². The summed E-state index contributed by atoms with van der Waals surface area (Å²) in [5.41, 5.74) is 7.80. The Hall–Kier alpha value is -11.4. The highest BCUT2D eigenvalue weighted by atomic mass is 19.4. The smallest absolute Gasteiger partial charge is 0.308 e. The molecule has 0 aliphatic carbocycles. The molecule has 0 aliphatic heterocycles. The Morgan fingerprint density at radius 1 is 0.305 bits per heavy atom. The summed E-state index contributed by atoms with van der Waals surface area (Å²) in [6.45, 7) is 0. The molecule has 14 aromatic rings. The van der Waals surface area contributed by atoms with Gasteiger partial charge in [0.25, 0.3) is 0 Å². The van der Waals surface area contributed by atoms with Crippen LogP contribution in [-0.2, 0) is 6.18 Å². The maximum atomic E-state index is 15.1. The Labute approximate surface area is 466 Å². The Kier molecular flexibility index (Phi) is 11.8. The maximum Gasteiger partial charge on any atom is 0.416 e. The quantitative estimate of drug-likeness (QED) is 0.139. The number of para-hydroxylation sites is 2. The summed E-state index contributed by atoms with van der Waals surface area (Å²) in [5, 5.41) is 24.7. The zero-order valence-corrected chi connectivity index (χ0v) is 43.1. The first kappa shape index (κ1) is 48.9. The van der Waals surface area contributed by atoms with Gasteiger partial charge < -0.3 is 9.13 Å². The molecule has 10 aromatic carbocycles. The number of nitrogens with zero attached hydrogens (tertiary/aromatic N) is 10. The zero-order valence-electron chi connectivity index (χ0n) is 43.1. The molecule has 0 fully saturated rings. The third-order valence-corrected chi connectivity index (χ3v) is 14.6. The topological polar surface area (TPSA) is 135 Å². The molecule has 4 heterocycles. The normalized spacial score (nSPS) is 11.6. The van der Waals surface area contributed by atoms with Crippen molar-refractivity contribution >= 4 is 43.6 Å². The summed E-state index contributed by atoms with van der Waals surface area (Å²) in [4.78, 5) is 29.9. The van der Waals surface area contributed by atoms with Crippen molar-refractivity contribution in [1.29, 1.82) is 10.5 Å². The molecular weight excluding hydrogens is 1030 g/mol. The Bertz CT molecular complexity index is 4550. The molecule has 386 valence electrons. The minimum absolute atomic E-state index is 0.116. The fourth-order valence-corrected chi connectivity index (χ4v) is 10.9. The lowest BCUT2D eigenvalue weighted by atomic mass is 9.94. The van der Waals surface area contributed by atoms with E-state index in [1.54, 1.807) is 12.1 Å². The molecule has 0 saturated heterocycles. The van der Waals surface area contributed by atoms with Crippen LogP contribution < -0.4 is 0 Å². The van der Waals surface area contributed by atoms with Crippen molar-refractivity contribution < 1.29 is 13.2 Å². The van der Waals surface area contributed by atoms with Crippen LogP contribution in [0.25, 0.3) is 134 Å². The van der Waals surface area contributed by atoms with Gasteiger partial charge >= 0.3 is 6.18 Å². The number of hydrogen-bond acceptors (Lipinski definition) is 8. The highest BCUT2D eigenvalue weighted by molar-refractivity contribution is 6.13. The van der Waals surface area contributed by atoms with Crippen LogP contribution >= 0.6 is 0 Å². The largest absolute Gasteiger partial charge is 0.416 e. The molecule has 0 unspecified atom stereocenters. The summed E-state index contributed by atoms with van der Waals surface area (Å²) >= 11 is 0. The van der Waals surface area contributed by atoms with E-state index in [1.165, 1.54) is 6.07 Å². The number of fused-ring (bicyclic) bond motifs is 6. The van der Waals surface area contributed by atoms with Crippen LogP contribution in [0.3, 0.4) is 0 Å². The molecule has 0 amide bonds. The molecule has 14 rings (SSSR count). The van der Waals surface area contributed by atoms with Gasteiger partial charge in [-0.1, -0.05) is 158 Å². The standard InChI is InChI=1S/C69H39F3N10/c70-69(71,72)51-34-42(40-73)33-50(37-51)62-60(81-56-27-15-13-25-52(56)54-38-48(29-31-58(54)81)67-77-63(44-17-5-1-6-18-44)75-64(78-67)45-19-7-2-8-20-45)35-43(41-74)36-61(62)82-57-28-16-14-26-53(57)55-39-49(30-32-59(55)82)68-79-65(46-21-9-3-10-22-46)76-66(80-68)47-23-11-4-12-24-47/h1-39H. The van der Waals surface area contributed by atoms with Crippen LogP contribution in [-0.4, -0.2) is 39.0 Å². The molecule has 0 aliphatic rings. The van der Waals surface area contributed by atoms with E-state index in [4.69, 9.17) is 29.9 Å². The summed E-state index contributed by atoms with van der Waals surface area (Å²) in [5.74, 6) is 2.86. The molecule has 0 saturated carbocycles. The molecule has 82 heavy (non-hydrogen) atoms. The second-order valence-electron chi connectivity index (χ2n) is 19.7. The van der Waals surface area contributed by atoms with Crippen LogP contribution in [0.1, 0.15) is 16.7 Å². The fourth-order valence-electron chi connectivity index (χ4n) is 10.9. The summed E-state index contributed by atoms with van der Waals surface area (Å²) in [6, 6.07) is 77.4. The van der Waals surface area contributed by atoms with Crippen molar-refractivity contribution in [1.82, 2.24) is 39.0 Å². The van der Waals surface area contributed by atoms with Crippen molar-refractivity contribution in [2.75, 3.05) is 0 Å². The average Bonchev–Trinajstić information content (AvgIpc) is 2.48. The second-order valence-corrected chi connectivity index (χ2v) is 19.7. The van der Waals surface area contributed by atoms with Crippen molar-refractivity contribution in [2.45, 2.75) is 6.18 Å². The van der Waals surface area contributed by atoms with Crippen LogP contribution in [0.15, 0.2) is 237 Å². The van der Waals surface area contributed by atoms with E-state index in [2.05, 4.69) is 6.07 Å². The van der Waals surface area contributed by atoms with Crippen molar-refractivity contribution in [2.24, 2.45) is 0 Å². The fraction of sp³-hybridized carbons (Fsp3) is 0.0145. The predicted molar refractivity (Wildman–Crippen MR) is 314 cm³/mol. The van der Waals surface area contributed by atoms with Gasteiger partial charge in [0, 0.05) is 60.5 Å². The minimum atomic E-state index is -4.81.